The van der Waals surface area contributed by atoms with E-state index in [4.69, 9.17) is 0 Å². The van der Waals surface area contributed by atoms with E-state index in [1.807, 2.05) is 31.2 Å². The molecule has 2 N–H and O–H groups in total. The molecule has 0 radical (unpaired) electrons. The number of rotatable bonds is 6. The third-order valence-electron chi connectivity index (χ3n) is 2.94. The van der Waals surface area contributed by atoms with Gasteiger partial charge in [-0.1, -0.05) is 33.3 Å². The average molecular weight is 338 g/mol. The van der Waals surface area contributed by atoms with E-state index in [0.29, 0.717) is 25.1 Å². The summed E-state index contributed by atoms with van der Waals surface area (Å²) in [5.74, 6) is 0.669. The van der Waals surface area contributed by atoms with Gasteiger partial charge in [-0.05, 0) is 31.0 Å². The molecule has 1 aromatic heterocycles. The highest BCUT2D eigenvalue weighted by atomic mass is 79.9. The first kappa shape index (κ1) is 14.6. The van der Waals surface area contributed by atoms with Gasteiger partial charge < -0.3 is 5.32 Å². The maximum Gasteiger partial charge on any atom is 0.220 e. The predicted molar refractivity (Wildman–Crippen MR) is 77.8 cm³/mol. The fraction of sp³-hybridized carbons (Fsp3) is 0.385. The predicted octanol–water partition coefficient (Wildman–Crippen LogP) is 2.16. The Balaban J connectivity index is 1.74. The summed E-state index contributed by atoms with van der Waals surface area (Å²) in [4.78, 5) is 11.8. The molecule has 0 bridgehead atoms. The Morgan fingerprint density at radius 2 is 2.15 bits per heavy atom. The molecule has 20 heavy (non-hydrogen) atoms. The molecule has 1 unspecified atom stereocenters. The van der Waals surface area contributed by atoms with Crippen molar-refractivity contribution in [3.8, 4) is 0 Å². The monoisotopic (exact) mass is 337 g/mol. The highest BCUT2D eigenvalue weighted by Crippen LogP contribution is 2.16. The number of aromatic nitrogens is 4. The largest absolute Gasteiger partial charge is 0.350 e. The molecule has 6 nitrogen and oxygen atoms in total. The molecular formula is C13H16BrN5O. The van der Waals surface area contributed by atoms with Gasteiger partial charge in [0, 0.05) is 17.3 Å². The zero-order valence-electron chi connectivity index (χ0n) is 11.1. The summed E-state index contributed by atoms with van der Waals surface area (Å²) in [6.45, 7) is 1.97. The molecular weight excluding hydrogens is 322 g/mol. The number of halogens is 1. The summed E-state index contributed by atoms with van der Waals surface area (Å²) in [6, 6.07) is 7.92. The lowest BCUT2D eigenvalue weighted by atomic mass is 10.1. The van der Waals surface area contributed by atoms with Crippen LogP contribution in [0.3, 0.4) is 0 Å². The Bertz CT molecular complexity index is 540. The number of hydrogen-bond acceptors (Lipinski definition) is 4. The third kappa shape index (κ3) is 4.41. The molecule has 1 atom stereocenters. The summed E-state index contributed by atoms with van der Waals surface area (Å²) >= 11 is 3.39. The van der Waals surface area contributed by atoms with Gasteiger partial charge in [0.15, 0.2) is 5.82 Å². The van der Waals surface area contributed by atoms with E-state index >= 15 is 0 Å². The van der Waals surface area contributed by atoms with Crippen molar-refractivity contribution >= 4 is 21.8 Å². The molecule has 1 aromatic carbocycles. The standard InChI is InChI=1S/C13H16BrN5O/c1-9(10-5-7-11(14)8-6-10)15-13(20)4-2-3-12-16-18-19-17-12/h5-9H,2-4H2,1H3,(H,15,20)(H,16,17,18,19). The van der Waals surface area contributed by atoms with Crippen LogP contribution < -0.4 is 5.32 Å². The molecule has 0 spiro atoms. The van der Waals surface area contributed by atoms with Crippen molar-refractivity contribution in [1.82, 2.24) is 25.9 Å². The summed E-state index contributed by atoms with van der Waals surface area (Å²) in [7, 11) is 0. The minimum Gasteiger partial charge on any atom is -0.350 e. The van der Waals surface area contributed by atoms with Crippen LogP contribution in [0.15, 0.2) is 28.7 Å². The minimum atomic E-state index is 0.000718. The zero-order valence-corrected chi connectivity index (χ0v) is 12.7. The summed E-state index contributed by atoms with van der Waals surface area (Å²) < 4.78 is 1.03. The molecule has 0 aliphatic heterocycles. The number of carbonyl (C=O) groups excluding carboxylic acids is 1. The molecule has 1 amide bonds. The quantitative estimate of drug-likeness (QED) is 0.845. The SMILES string of the molecule is CC(NC(=O)CCCc1nn[nH]n1)c1ccc(Br)cc1. The topological polar surface area (TPSA) is 83.6 Å². The van der Waals surface area contributed by atoms with Crippen molar-refractivity contribution in [2.75, 3.05) is 0 Å². The minimum absolute atomic E-state index is 0.000718. The van der Waals surface area contributed by atoms with Crippen LogP contribution in [0.5, 0.6) is 0 Å². The number of tetrazole rings is 1. The van der Waals surface area contributed by atoms with Crippen LogP contribution >= 0.6 is 15.9 Å². The number of nitrogens with one attached hydrogen (secondary N) is 2. The lowest BCUT2D eigenvalue weighted by molar-refractivity contribution is -0.121. The van der Waals surface area contributed by atoms with Gasteiger partial charge in [-0.3, -0.25) is 4.79 Å². The van der Waals surface area contributed by atoms with Crippen LogP contribution in [0.25, 0.3) is 0 Å². The second-order valence-electron chi connectivity index (χ2n) is 4.52. The van der Waals surface area contributed by atoms with E-state index in [-0.39, 0.29) is 11.9 Å². The third-order valence-corrected chi connectivity index (χ3v) is 3.47. The number of benzene rings is 1. The average Bonchev–Trinajstić information content (AvgIpc) is 2.92. The van der Waals surface area contributed by atoms with Crippen molar-refractivity contribution in [2.24, 2.45) is 0 Å². The van der Waals surface area contributed by atoms with Gasteiger partial charge in [-0.15, -0.1) is 10.2 Å². The highest BCUT2D eigenvalue weighted by molar-refractivity contribution is 9.10. The van der Waals surface area contributed by atoms with Crippen LogP contribution in [0.1, 0.15) is 37.2 Å². The van der Waals surface area contributed by atoms with Crippen molar-refractivity contribution in [3.05, 3.63) is 40.1 Å². The first-order chi connectivity index (χ1) is 9.65. The first-order valence-corrected chi connectivity index (χ1v) is 7.21. The van der Waals surface area contributed by atoms with Crippen LogP contribution in [-0.2, 0) is 11.2 Å². The molecule has 0 aliphatic carbocycles. The molecule has 2 aromatic rings. The van der Waals surface area contributed by atoms with Gasteiger partial charge in [0.25, 0.3) is 0 Å². The van der Waals surface area contributed by atoms with Crippen molar-refractivity contribution in [3.63, 3.8) is 0 Å². The fourth-order valence-corrected chi connectivity index (χ4v) is 2.11. The number of carbonyl (C=O) groups is 1. The van der Waals surface area contributed by atoms with Gasteiger partial charge in [-0.25, -0.2) is 0 Å². The van der Waals surface area contributed by atoms with Gasteiger partial charge in [-0.2, -0.15) is 5.21 Å². The van der Waals surface area contributed by atoms with E-state index in [9.17, 15) is 4.79 Å². The van der Waals surface area contributed by atoms with Gasteiger partial charge in [0.2, 0.25) is 5.91 Å². The molecule has 0 aliphatic rings. The van der Waals surface area contributed by atoms with E-state index < -0.39 is 0 Å². The molecule has 0 saturated heterocycles. The lowest BCUT2D eigenvalue weighted by Gasteiger charge is -2.14. The number of aryl methyl sites for hydroxylation is 1. The van der Waals surface area contributed by atoms with Gasteiger partial charge in [0.1, 0.15) is 0 Å². The zero-order chi connectivity index (χ0) is 14.4. The Kier molecular flexibility index (Phi) is 5.23. The Morgan fingerprint density at radius 3 is 2.80 bits per heavy atom. The van der Waals surface area contributed by atoms with Crippen LogP contribution in [0, 0.1) is 0 Å². The second-order valence-corrected chi connectivity index (χ2v) is 5.44. The maximum absolute atomic E-state index is 11.8. The number of hydrogen-bond donors (Lipinski definition) is 2. The first-order valence-electron chi connectivity index (χ1n) is 6.42. The van der Waals surface area contributed by atoms with E-state index in [2.05, 4.69) is 41.9 Å². The Morgan fingerprint density at radius 1 is 1.40 bits per heavy atom. The van der Waals surface area contributed by atoms with Crippen LogP contribution in [0.4, 0.5) is 0 Å². The summed E-state index contributed by atoms with van der Waals surface area (Å²) in [6.07, 6.45) is 1.81. The molecule has 1 heterocycles. The van der Waals surface area contributed by atoms with Crippen molar-refractivity contribution in [2.45, 2.75) is 32.2 Å². The summed E-state index contributed by atoms with van der Waals surface area (Å²) in [5, 5.41) is 16.5. The van der Waals surface area contributed by atoms with E-state index in [1.165, 1.54) is 0 Å². The smallest absolute Gasteiger partial charge is 0.220 e. The van der Waals surface area contributed by atoms with E-state index in [0.717, 1.165) is 10.0 Å². The van der Waals surface area contributed by atoms with Crippen LogP contribution in [0.2, 0.25) is 0 Å². The number of H-pyrrole nitrogens is 1. The highest BCUT2D eigenvalue weighted by Gasteiger charge is 2.09. The Labute approximate surface area is 125 Å². The summed E-state index contributed by atoms with van der Waals surface area (Å²) in [5.41, 5.74) is 1.08. The second kappa shape index (κ2) is 7.14. The fourth-order valence-electron chi connectivity index (χ4n) is 1.84. The Hall–Kier alpha value is -1.76. The van der Waals surface area contributed by atoms with E-state index in [1.54, 1.807) is 0 Å². The van der Waals surface area contributed by atoms with Gasteiger partial charge in [0.05, 0.1) is 6.04 Å². The van der Waals surface area contributed by atoms with Crippen molar-refractivity contribution in [1.29, 1.82) is 0 Å². The van der Waals surface area contributed by atoms with Gasteiger partial charge >= 0.3 is 0 Å². The molecule has 106 valence electrons. The van der Waals surface area contributed by atoms with Crippen LogP contribution in [-0.4, -0.2) is 26.5 Å². The number of amides is 1. The molecule has 7 heteroatoms. The molecule has 2 rings (SSSR count). The maximum atomic E-state index is 11.8. The van der Waals surface area contributed by atoms with Crippen molar-refractivity contribution < 1.29 is 4.79 Å². The number of aromatic amines is 1. The molecule has 0 fully saturated rings. The normalized spacial score (nSPS) is 12.1. The molecule has 0 saturated carbocycles. The number of nitrogens with zero attached hydrogens (tertiary/aromatic N) is 3. The lowest BCUT2D eigenvalue weighted by Crippen LogP contribution is -2.26.